The number of hydrogen-bond acceptors (Lipinski definition) is 6. The molecular weight excluding hydrogens is 398 g/mol. The third-order valence-corrected chi connectivity index (χ3v) is 6.91. The highest BCUT2D eigenvalue weighted by atomic mass is 32.2. The highest BCUT2D eigenvalue weighted by Gasteiger charge is 2.21. The Morgan fingerprint density at radius 2 is 1.96 bits per heavy atom. The number of benzene rings is 1. The Balaban J connectivity index is 2.00. The molecule has 3 heterocycles. The van der Waals surface area contributed by atoms with E-state index in [4.69, 9.17) is 10.7 Å². The first kappa shape index (κ1) is 18.0. The van der Waals surface area contributed by atoms with Crippen LogP contribution in [0.1, 0.15) is 6.92 Å². The molecule has 1 amide bonds. The van der Waals surface area contributed by atoms with E-state index in [-0.39, 0.29) is 5.56 Å². The fourth-order valence-electron chi connectivity index (χ4n) is 2.69. The van der Waals surface area contributed by atoms with Gasteiger partial charge >= 0.3 is 0 Å². The van der Waals surface area contributed by atoms with Crippen LogP contribution in [-0.2, 0) is 4.79 Å². The van der Waals surface area contributed by atoms with Crippen molar-refractivity contribution in [2.24, 2.45) is 5.73 Å². The largest absolute Gasteiger partial charge is 0.369 e. The van der Waals surface area contributed by atoms with Crippen LogP contribution in [0.5, 0.6) is 0 Å². The molecule has 0 saturated heterocycles. The second kappa shape index (κ2) is 7.30. The van der Waals surface area contributed by atoms with E-state index < -0.39 is 11.2 Å². The molecule has 4 aromatic rings. The summed E-state index contributed by atoms with van der Waals surface area (Å²) in [5.74, 6) is -0.445. The smallest absolute Gasteiger partial charge is 0.268 e. The molecule has 8 heteroatoms. The number of carbonyl (C=O) groups is 1. The zero-order valence-corrected chi connectivity index (χ0v) is 16.7. The molecule has 1 atom stereocenters. The average Bonchev–Trinajstić information content (AvgIpc) is 3.31. The van der Waals surface area contributed by atoms with Crippen LogP contribution in [0.4, 0.5) is 0 Å². The minimum Gasteiger partial charge on any atom is -0.369 e. The quantitative estimate of drug-likeness (QED) is 0.394. The van der Waals surface area contributed by atoms with E-state index in [2.05, 4.69) is 0 Å². The summed E-state index contributed by atoms with van der Waals surface area (Å²) in [6, 6.07) is 13.3. The number of thioether (sulfide) groups is 1. The third kappa shape index (κ3) is 3.31. The molecule has 0 spiro atoms. The number of nitrogens with zero attached hydrogens (tertiary/aromatic N) is 2. The van der Waals surface area contributed by atoms with E-state index in [0.29, 0.717) is 21.1 Å². The van der Waals surface area contributed by atoms with Crippen molar-refractivity contribution in [1.29, 1.82) is 0 Å². The highest BCUT2D eigenvalue weighted by Crippen LogP contribution is 2.35. The molecule has 136 valence electrons. The van der Waals surface area contributed by atoms with Gasteiger partial charge in [-0.05, 0) is 30.5 Å². The first-order valence-electron chi connectivity index (χ1n) is 8.16. The van der Waals surface area contributed by atoms with Crippen molar-refractivity contribution in [1.82, 2.24) is 9.55 Å². The highest BCUT2D eigenvalue weighted by molar-refractivity contribution is 8.00. The number of carbonyl (C=O) groups excluding carboxylic acids is 1. The van der Waals surface area contributed by atoms with Crippen molar-refractivity contribution in [2.45, 2.75) is 17.3 Å². The maximum absolute atomic E-state index is 13.5. The van der Waals surface area contributed by atoms with Crippen LogP contribution < -0.4 is 11.3 Å². The van der Waals surface area contributed by atoms with Crippen molar-refractivity contribution in [3.63, 3.8) is 0 Å². The summed E-state index contributed by atoms with van der Waals surface area (Å²) in [5.41, 5.74) is 6.88. The molecule has 0 aliphatic carbocycles. The molecule has 0 saturated carbocycles. The van der Waals surface area contributed by atoms with Gasteiger partial charge in [0.15, 0.2) is 5.16 Å². The van der Waals surface area contributed by atoms with E-state index in [9.17, 15) is 9.59 Å². The summed E-state index contributed by atoms with van der Waals surface area (Å²) in [5, 5.41) is 4.51. The van der Waals surface area contributed by atoms with E-state index in [0.717, 1.165) is 10.4 Å². The molecule has 4 rings (SSSR count). The number of nitrogens with two attached hydrogens (primary N) is 1. The van der Waals surface area contributed by atoms with Gasteiger partial charge in [-0.25, -0.2) is 4.98 Å². The molecule has 1 unspecified atom stereocenters. The summed E-state index contributed by atoms with van der Waals surface area (Å²) < 4.78 is 1.57. The Hall–Kier alpha value is -2.42. The number of aromatic nitrogens is 2. The maximum Gasteiger partial charge on any atom is 0.268 e. The lowest BCUT2D eigenvalue weighted by atomic mass is 10.2. The van der Waals surface area contributed by atoms with Crippen molar-refractivity contribution in [3.8, 4) is 16.1 Å². The van der Waals surface area contributed by atoms with Crippen LogP contribution in [-0.4, -0.2) is 20.7 Å². The lowest BCUT2D eigenvalue weighted by Gasteiger charge is -2.14. The lowest BCUT2D eigenvalue weighted by Crippen LogP contribution is -2.26. The minimum absolute atomic E-state index is 0.143. The normalized spacial score (nSPS) is 12.3. The first-order chi connectivity index (χ1) is 13.1. The topological polar surface area (TPSA) is 78.0 Å². The third-order valence-electron chi connectivity index (χ3n) is 4.06. The van der Waals surface area contributed by atoms with Gasteiger partial charge in [-0.2, -0.15) is 0 Å². The van der Waals surface area contributed by atoms with Crippen molar-refractivity contribution < 1.29 is 4.79 Å². The van der Waals surface area contributed by atoms with Crippen LogP contribution in [0.25, 0.3) is 26.3 Å². The number of fused-ring (bicyclic) bond motifs is 1. The maximum atomic E-state index is 13.5. The molecule has 0 aliphatic rings. The second-order valence-electron chi connectivity index (χ2n) is 5.84. The number of amides is 1. The molecular formula is C19H15N3O2S3. The summed E-state index contributed by atoms with van der Waals surface area (Å²) in [4.78, 5) is 31.4. The van der Waals surface area contributed by atoms with Crippen molar-refractivity contribution in [3.05, 3.63) is 63.6 Å². The number of rotatable bonds is 5. The summed E-state index contributed by atoms with van der Waals surface area (Å²) >= 11 is 4.22. The number of thiophene rings is 2. The summed E-state index contributed by atoms with van der Waals surface area (Å²) in [6.45, 7) is 1.71. The molecule has 0 bridgehead atoms. The Bertz CT molecular complexity index is 1160. The Labute approximate surface area is 167 Å². The average molecular weight is 414 g/mol. The number of para-hydroxylation sites is 1. The fourth-order valence-corrected chi connectivity index (χ4v) is 5.37. The standard InChI is InChI=1S/C19H15N3O2S3/c1-11(16(20)23)27-19-21-17-15(13(10-26-17)14-8-5-9-25-14)18(24)22(19)12-6-3-2-4-7-12/h2-11H,1H3,(H2,20,23). The summed E-state index contributed by atoms with van der Waals surface area (Å²) in [6.07, 6.45) is 0. The van der Waals surface area contributed by atoms with E-state index in [1.54, 1.807) is 22.8 Å². The SMILES string of the molecule is CC(Sc1nc2scc(-c3cccs3)c2c(=O)n1-c1ccccc1)C(N)=O. The molecule has 1 aromatic carbocycles. The van der Waals surface area contributed by atoms with Gasteiger partial charge in [0, 0.05) is 15.8 Å². The molecule has 0 aliphatic heterocycles. The van der Waals surface area contributed by atoms with E-state index in [1.807, 2.05) is 53.2 Å². The first-order valence-corrected chi connectivity index (χ1v) is 10.8. The second-order valence-corrected chi connectivity index (χ2v) is 8.95. The monoisotopic (exact) mass is 413 g/mol. The van der Waals surface area contributed by atoms with Crippen molar-refractivity contribution in [2.75, 3.05) is 0 Å². The van der Waals surface area contributed by atoms with Crippen molar-refractivity contribution >= 4 is 50.6 Å². The molecule has 5 nitrogen and oxygen atoms in total. The van der Waals surface area contributed by atoms with Crippen LogP contribution in [0.15, 0.2) is 63.2 Å². The molecule has 0 fully saturated rings. The zero-order chi connectivity index (χ0) is 19.0. The van der Waals surface area contributed by atoms with Gasteiger partial charge in [0.2, 0.25) is 5.91 Å². The van der Waals surface area contributed by atoms with Gasteiger partial charge in [0.05, 0.1) is 16.3 Å². The molecule has 3 aromatic heterocycles. The lowest BCUT2D eigenvalue weighted by molar-refractivity contribution is -0.117. The molecule has 2 N–H and O–H groups in total. The Morgan fingerprint density at radius 3 is 2.63 bits per heavy atom. The predicted molar refractivity (Wildman–Crippen MR) is 113 cm³/mol. The Kier molecular flexibility index (Phi) is 4.86. The van der Waals surface area contributed by atoms with E-state index >= 15 is 0 Å². The number of hydrogen-bond donors (Lipinski definition) is 1. The number of primary amides is 1. The van der Waals surface area contributed by atoms with Gasteiger partial charge in [-0.1, -0.05) is 36.0 Å². The van der Waals surface area contributed by atoms with Gasteiger partial charge in [0.1, 0.15) is 4.83 Å². The predicted octanol–water partition coefficient (Wildman–Crippen LogP) is 4.14. The van der Waals surface area contributed by atoms with Crippen LogP contribution in [0, 0.1) is 0 Å². The van der Waals surface area contributed by atoms with Crippen LogP contribution in [0.3, 0.4) is 0 Å². The minimum atomic E-state index is -0.499. The Morgan fingerprint density at radius 1 is 1.19 bits per heavy atom. The molecule has 27 heavy (non-hydrogen) atoms. The van der Waals surface area contributed by atoms with Gasteiger partial charge in [0.25, 0.3) is 5.56 Å². The van der Waals surface area contributed by atoms with Gasteiger partial charge in [-0.15, -0.1) is 22.7 Å². The van der Waals surface area contributed by atoms with Gasteiger partial charge in [-0.3, -0.25) is 14.2 Å². The van der Waals surface area contributed by atoms with E-state index in [1.165, 1.54) is 23.1 Å². The zero-order valence-electron chi connectivity index (χ0n) is 14.3. The summed E-state index contributed by atoms with van der Waals surface area (Å²) in [7, 11) is 0. The van der Waals surface area contributed by atoms with Crippen LogP contribution >= 0.6 is 34.4 Å². The molecule has 0 radical (unpaired) electrons. The fraction of sp³-hybridized carbons (Fsp3) is 0.105. The van der Waals surface area contributed by atoms with Crippen LogP contribution in [0.2, 0.25) is 0 Å². The van der Waals surface area contributed by atoms with Gasteiger partial charge < -0.3 is 5.73 Å².